The average Bonchev–Trinajstić information content (AvgIpc) is 2.68. The molecule has 1 heterocycles. The van der Waals surface area contributed by atoms with E-state index in [1.165, 1.54) is 0 Å². The zero-order valence-corrected chi connectivity index (χ0v) is 16.2. The van der Waals surface area contributed by atoms with E-state index in [4.69, 9.17) is 9.47 Å². The van der Waals surface area contributed by atoms with Crippen molar-refractivity contribution in [2.75, 3.05) is 19.0 Å². The Morgan fingerprint density at radius 3 is 2.93 bits per heavy atom. The molecule has 0 saturated carbocycles. The number of hydrogen-bond acceptors (Lipinski definition) is 4. The number of anilines is 1. The molecule has 0 spiro atoms. The monoisotopic (exact) mass is 394 g/mol. The van der Waals surface area contributed by atoms with Crippen LogP contribution < -0.4 is 15.4 Å². The highest BCUT2D eigenvalue weighted by atomic mass is 35.5. The maximum absolute atomic E-state index is 14.6. The van der Waals surface area contributed by atoms with Gasteiger partial charge in [-0.15, -0.1) is 12.4 Å². The van der Waals surface area contributed by atoms with Gasteiger partial charge in [0.15, 0.2) is 0 Å². The number of carbonyl (C=O) groups excluding carboxylic acids is 1. The van der Waals surface area contributed by atoms with E-state index in [0.717, 1.165) is 23.4 Å². The first kappa shape index (κ1) is 21.2. The molecule has 1 unspecified atom stereocenters. The molecule has 0 aliphatic carbocycles. The van der Waals surface area contributed by atoms with Gasteiger partial charge < -0.3 is 20.1 Å². The van der Waals surface area contributed by atoms with Crippen LogP contribution >= 0.6 is 12.4 Å². The standard InChI is InChI=1S/C20H23FN2O3.ClH/c1-13(26-12-14-4-3-5-16(10-14)25-2)20(24)23-18-7-6-15-11-22-9-8-17(15)19(18)21;/h3-7,10,13,22H,8-9,11-12H2,1-2H3,(H,23,24);1H. The molecule has 0 radical (unpaired) electrons. The molecule has 7 heteroatoms. The molecule has 146 valence electrons. The fourth-order valence-corrected chi connectivity index (χ4v) is 2.92. The quantitative estimate of drug-likeness (QED) is 0.787. The molecule has 2 aromatic carbocycles. The maximum atomic E-state index is 14.6. The summed E-state index contributed by atoms with van der Waals surface area (Å²) in [5.74, 6) is 0.00634. The Balaban J connectivity index is 0.00000261. The van der Waals surface area contributed by atoms with Crippen molar-refractivity contribution < 1.29 is 18.7 Å². The van der Waals surface area contributed by atoms with E-state index in [2.05, 4.69) is 10.6 Å². The van der Waals surface area contributed by atoms with Gasteiger partial charge in [-0.2, -0.15) is 0 Å². The van der Waals surface area contributed by atoms with Crippen LogP contribution in [0.25, 0.3) is 0 Å². The number of nitrogens with one attached hydrogen (secondary N) is 2. The van der Waals surface area contributed by atoms with E-state index in [1.807, 2.05) is 30.3 Å². The van der Waals surface area contributed by atoms with E-state index in [1.54, 1.807) is 20.1 Å². The lowest BCUT2D eigenvalue weighted by molar-refractivity contribution is -0.127. The van der Waals surface area contributed by atoms with Gasteiger partial charge in [0.05, 0.1) is 19.4 Å². The van der Waals surface area contributed by atoms with Crippen molar-refractivity contribution in [1.29, 1.82) is 0 Å². The Labute approximate surface area is 164 Å². The molecule has 1 aliphatic rings. The first-order valence-corrected chi connectivity index (χ1v) is 8.65. The minimum absolute atomic E-state index is 0. The van der Waals surface area contributed by atoms with Gasteiger partial charge in [-0.3, -0.25) is 4.79 Å². The number of benzene rings is 2. The van der Waals surface area contributed by atoms with Gasteiger partial charge >= 0.3 is 0 Å². The van der Waals surface area contributed by atoms with Gasteiger partial charge in [-0.25, -0.2) is 4.39 Å². The number of rotatable bonds is 6. The van der Waals surface area contributed by atoms with Crippen molar-refractivity contribution in [2.45, 2.75) is 32.6 Å². The summed E-state index contributed by atoms with van der Waals surface area (Å²) in [5.41, 5.74) is 2.71. The zero-order valence-electron chi connectivity index (χ0n) is 15.4. The van der Waals surface area contributed by atoms with Crippen molar-refractivity contribution in [3.05, 3.63) is 58.9 Å². The largest absolute Gasteiger partial charge is 0.497 e. The normalized spacial score (nSPS) is 13.9. The fraction of sp³-hybridized carbons (Fsp3) is 0.350. The number of fused-ring (bicyclic) bond motifs is 1. The Morgan fingerprint density at radius 2 is 2.15 bits per heavy atom. The van der Waals surface area contributed by atoms with Gasteiger partial charge in [0, 0.05) is 6.54 Å². The molecule has 0 bridgehead atoms. The summed E-state index contributed by atoms with van der Waals surface area (Å²) in [4.78, 5) is 12.3. The van der Waals surface area contributed by atoms with E-state index in [9.17, 15) is 9.18 Å². The van der Waals surface area contributed by atoms with Crippen molar-refractivity contribution in [3.8, 4) is 5.75 Å². The fourth-order valence-electron chi connectivity index (χ4n) is 2.92. The molecule has 1 aliphatic heterocycles. The number of methoxy groups -OCH3 is 1. The van der Waals surface area contributed by atoms with Crippen LogP contribution in [0.5, 0.6) is 5.75 Å². The van der Waals surface area contributed by atoms with Crippen LogP contribution in [0.15, 0.2) is 36.4 Å². The van der Waals surface area contributed by atoms with E-state index in [-0.39, 0.29) is 36.4 Å². The molecule has 1 amide bonds. The van der Waals surface area contributed by atoms with Crippen LogP contribution in [-0.2, 0) is 29.1 Å². The Kier molecular flexibility index (Phi) is 7.59. The lowest BCUT2D eigenvalue weighted by atomic mass is 9.99. The SMILES string of the molecule is COc1cccc(COC(C)C(=O)Nc2ccc3c(c2F)CCNC3)c1.Cl. The van der Waals surface area contributed by atoms with Crippen molar-refractivity contribution >= 4 is 24.0 Å². The van der Waals surface area contributed by atoms with E-state index < -0.39 is 6.10 Å². The van der Waals surface area contributed by atoms with Gasteiger partial charge in [-0.05, 0) is 54.8 Å². The second-order valence-electron chi connectivity index (χ2n) is 6.29. The van der Waals surface area contributed by atoms with Crippen molar-refractivity contribution in [2.24, 2.45) is 0 Å². The number of amides is 1. The van der Waals surface area contributed by atoms with Gasteiger partial charge in [0.2, 0.25) is 0 Å². The minimum Gasteiger partial charge on any atom is -0.497 e. The lowest BCUT2D eigenvalue weighted by Gasteiger charge is -2.20. The summed E-state index contributed by atoms with van der Waals surface area (Å²) in [7, 11) is 1.60. The molecule has 0 saturated heterocycles. The number of halogens is 2. The van der Waals surface area contributed by atoms with E-state index in [0.29, 0.717) is 18.5 Å². The van der Waals surface area contributed by atoms with E-state index >= 15 is 0 Å². The van der Waals surface area contributed by atoms with Crippen molar-refractivity contribution in [1.82, 2.24) is 5.32 Å². The Morgan fingerprint density at radius 1 is 1.33 bits per heavy atom. The van der Waals surface area contributed by atoms with Crippen LogP contribution in [0.4, 0.5) is 10.1 Å². The third-order valence-corrected chi connectivity index (χ3v) is 4.47. The molecular weight excluding hydrogens is 371 g/mol. The second kappa shape index (κ2) is 9.69. The average molecular weight is 395 g/mol. The molecule has 5 nitrogen and oxygen atoms in total. The Bertz CT molecular complexity index is 801. The number of hydrogen-bond donors (Lipinski definition) is 2. The predicted octanol–water partition coefficient (Wildman–Crippen LogP) is 3.45. The number of carbonyl (C=O) groups is 1. The van der Waals surface area contributed by atoms with Crippen LogP contribution in [0.2, 0.25) is 0 Å². The van der Waals surface area contributed by atoms with Crippen molar-refractivity contribution in [3.63, 3.8) is 0 Å². The summed E-state index contributed by atoms with van der Waals surface area (Å²) in [6, 6.07) is 10.9. The topological polar surface area (TPSA) is 59.6 Å². The summed E-state index contributed by atoms with van der Waals surface area (Å²) >= 11 is 0. The molecule has 3 rings (SSSR count). The highest BCUT2D eigenvalue weighted by molar-refractivity contribution is 5.94. The van der Waals surface area contributed by atoms with Gasteiger partial charge in [-0.1, -0.05) is 18.2 Å². The molecule has 1 atom stereocenters. The Hall–Kier alpha value is -2.15. The summed E-state index contributed by atoms with van der Waals surface area (Å²) in [6.45, 7) is 3.31. The first-order valence-electron chi connectivity index (χ1n) is 8.65. The number of ether oxygens (including phenoxy) is 2. The summed E-state index contributed by atoms with van der Waals surface area (Å²) in [6.07, 6.45) is -0.0921. The molecule has 2 N–H and O–H groups in total. The zero-order chi connectivity index (χ0) is 18.5. The molecular formula is C20H24ClFN2O3. The minimum atomic E-state index is -0.710. The second-order valence-corrected chi connectivity index (χ2v) is 6.29. The predicted molar refractivity (Wildman–Crippen MR) is 105 cm³/mol. The maximum Gasteiger partial charge on any atom is 0.253 e. The van der Waals surface area contributed by atoms with Gasteiger partial charge in [0.1, 0.15) is 17.7 Å². The molecule has 27 heavy (non-hydrogen) atoms. The molecule has 2 aromatic rings. The van der Waals surface area contributed by atoms with Crippen LogP contribution in [0, 0.1) is 5.82 Å². The molecule has 0 fully saturated rings. The smallest absolute Gasteiger partial charge is 0.253 e. The third kappa shape index (κ3) is 5.19. The lowest BCUT2D eigenvalue weighted by Crippen LogP contribution is -2.29. The highest BCUT2D eigenvalue weighted by Gasteiger charge is 2.20. The summed E-state index contributed by atoms with van der Waals surface area (Å²) in [5, 5.41) is 5.84. The van der Waals surface area contributed by atoms with Gasteiger partial charge in [0.25, 0.3) is 5.91 Å². The van der Waals surface area contributed by atoms with Crippen LogP contribution in [0.1, 0.15) is 23.6 Å². The van der Waals surface area contributed by atoms with Crippen LogP contribution in [-0.4, -0.2) is 25.7 Å². The van der Waals surface area contributed by atoms with Crippen LogP contribution in [0.3, 0.4) is 0 Å². The third-order valence-electron chi connectivity index (χ3n) is 4.47. The summed E-state index contributed by atoms with van der Waals surface area (Å²) < 4.78 is 25.4. The highest BCUT2D eigenvalue weighted by Crippen LogP contribution is 2.24. The molecule has 0 aromatic heterocycles. The first-order chi connectivity index (χ1) is 12.6.